The molecular formula is C19H24N2O3. The molecule has 2 amide bonds. The first kappa shape index (κ1) is 17.7. The summed E-state index contributed by atoms with van der Waals surface area (Å²) in [5, 5.41) is 5.83. The summed E-state index contributed by atoms with van der Waals surface area (Å²) in [6.45, 7) is 4.03. The van der Waals surface area contributed by atoms with Crippen molar-refractivity contribution in [3.63, 3.8) is 0 Å². The molecule has 0 fully saturated rings. The molecule has 0 heterocycles. The minimum absolute atomic E-state index is 0.0793. The van der Waals surface area contributed by atoms with E-state index in [2.05, 4.69) is 10.6 Å². The van der Waals surface area contributed by atoms with Crippen molar-refractivity contribution in [1.82, 2.24) is 5.32 Å². The van der Waals surface area contributed by atoms with Crippen molar-refractivity contribution < 1.29 is 14.3 Å². The molecule has 1 unspecified atom stereocenters. The van der Waals surface area contributed by atoms with Crippen LogP contribution >= 0.6 is 0 Å². The summed E-state index contributed by atoms with van der Waals surface area (Å²) in [6, 6.07) is 12.9. The quantitative estimate of drug-likeness (QED) is 0.832. The van der Waals surface area contributed by atoms with Gasteiger partial charge in [0, 0.05) is 0 Å². The molecule has 0 bridgehead atoms. The normalized spacial score (nSPS) is 11.5. The van der Waals surface area contributed by atoms with Gasteiger partial charge in [0.1, 0.15) is 11.5 Å². The predicted molar refractivity (Wildman–Crippen MR) is 95.9 cm³/mol. The van der Waals surface area contributed by atoms with Gasteiger partial charge < -0.3 is 20.1 Å². The summed E-state index contributed by atoms with van der Waals surface area (Å²) in [7, 11) is 3.23. The molecule has 0 radical (unpaired) electrons. The molecule has 0 spiro atoms. The van der Waals surface area contributed by atoms with E-state index in [0.717, 1.165) is 23.3 Å². The Labute approximate surface area is 143 Å². The van der Waals surface area contributed by atoms with Crippen molar-refractivity contribution in [3.05, 3.63) is 53.6 Å². The number of carbonyl (C=O) groups excluding carboxylic acids is 1. The fourth-order valence-corrected chi connectivity index (χ4v) is 2.60. The summed E-state index contributed by atoms with van der Waals surface area (Å²) in [5.41, 5.74) is 2.73. The van der Waals surface area contributed by atoms with Gasteiger partial charge in [0.25, 0.3) is 0 Å². The number of nitrogens with one attached hydrogen (secondary N) is 2. The number of rotatable bonds is 6. The average molecular weight is 328 g/mol. The fraction of sp³-hybridized carbons (Fsp3) is 0.316. The number of para-hydroxylation sites is 2. The predicted octanol–water partition coefficient (Wildman–Crippen LogP) is 4.29. The molecule has 0 aliphatic heterocycles. The van der Waals surface area contributed by atoms with Crippen LogP contribution in [0.2, 0.25) is 0 Å². The van der Waals surface area contributed by atoms with Crippen molar-refractivity contribution in [2.75, 3.05) is 19.5 Å². The van der Waals surface area contributed by atoms with E-state index in [-0.39, 0.29) is 12.1 Å². The molecule has 2 rings (SSSR count). The highest BCUT2D eigenvalue weighted by Crippen LogP contribution is 2.25. The molecule has 2 aromatic carbocycles. The van der Waals surface area contributed by atoms with E-state index < -0.39 is 0 Å². The molecule has 2 aromatic rings. The van der Waals surface area contributed by atoms with E-state index in [4.69, 9.17) is 9.47 Å². The van der Waals surface area contributed by atoms with Crippen LogP contribution in [0.3, 0.4) is 0 Å². The second kappa shape index (κ2) is 8.24. The van der Waals surface area contributed by atoms with Gasteiger partial charge >= 0.3 is 6.03 Å². The van der Waals surface area contributed by atoms with Crippen LogP contribution in [0.4, 0.5) is 10.5 Å². The minimum atomic E-state index is -0.264. The van der Waals surface area contributed by atoms with Crippen LogP contribution in [0.25, 0.3) is 0 Å². The molecule has 0 aliphatic rings. The Morgan fingerprint density at radius 3 is 2.42 bits per heavy atom. The third kappa shape index (κ3) is 4.19. The largest absolute Gasteiger partial charge is 0.496 e. The summed E-state index contributed by atoms with van der Waals surface area (Å²) in [4.78, 5) is 12.3. The maximum Gasteiger partial charge on any atom is 0.319 e. The van der Waals surface area contributed by atoms with Crippen molar-refractivity contribution in [2.24, 2.45) is 0 Å². The van der Waals surface area contributed by atoms with Crippen molar-refractivity contribution in [1.29, 1.82) is 0 Å². The average Bonchev–Trinajstić information content (AvgIpc) is 2.60. The van der Waals surface area contributed by atoms with Gasteiger partial charge in [-0.3, -0.25) is 0 Å². The monoisotopic (exact) mass is 328 g/mol. The Morgan fingerprint density at radius 2 is 1.79 bits per heavy atom. The lowest BCUT2D eigenvalue weighted by atomic mass is 10.0. The molecule has 1 atom stereocenters. The lowest BCUT2D eigenvalue weighted by Crippen LogP contribution is -2.32. The molecule has 5 heteroatoms. The van der Waals surface area contributed by atoms with Gasteiger partial charge in [0.15, 0.2) is 0 Å². The van der Waals surface area contributed by atoms with Gasteiger partial charge in [-0.05, 0) is 42.7 Å². The van der Waals surface area contributed by atoms with E-state index in [0.29, 0.717) is 11.4 Å². The lowest BCUT2D eigenvalue weighted by Gasteiger charge is -2.19. The van der Waals surface area contributed by atoms with Gasteiger partial charge in [0.2, 0.25) is 0 Å². The van der Waals surface area contributed by atoms with E-state index in [9.17, 15) is 4.79 Å². The number of benzene rings is 2. The summed E-state index contributed by atoms with van der Waals surface area (Å²) < 4.78 is 10.5. The van der Waals surface area contributed by atoms with Crippen molar-refractivity contribution in [2.45, 2.75) is 26.3 Å². The number of hydrogen-bond acceptors (Lipinski definition) is 3. The van der Waals surface area contributed by atoms with Crippen LogP contribution in [0.1, 0.15) is 30.5 Å². The van der Waals surface area contributed by atoms with E-state index >= 15 is 0 Å². The number of carbonyl (C=O) groups is 1. The standard InChI is InChI=1S/C19H24N2O3/c1-5-15(14-10-11-17(23-3)13(2)12-14)20-19(22)21-16-8-6-7-9-18(16)24-4/h6-12,15H,5H2,1-4H3,(H2,20,21,22). The first-order chi connectivity index (χ1) is 11.6. The first-order valence-electron chi connectivity index (χ1n) is 7.94. The van der Waals surface area contributed by atoms with Crippen LogP contribution in [0.15, 0.2) is 42.5 Å². The third-order valence-electron chi connectivity index (χ3n) is 3.89. The van der Waals surface area contributed by atoms with Gasteiger partial charge in [-0.25, -0.2) is 4.79 Å². The topological polar surface area (TPSA) is 59.6 Å². The zero-order chi connectivity index (χ0) is 17.5. The zero-order valence-corrected chi connectivity index (χ0v) is 14.6. The number of anilines is 1. The Hall–Kier alpha value is -2.69. The highest BCUT2D eigenvalue weighted by atomic mass is 16.5. The Kier molecular flexibility index (Phi) is 6.07. The van der Waals surface area contributed by atoms with Crippen LogP contribution in [-0.4, -0.2) is 20.3 Å². The minimum Gasteiger partial charge on any atom is -0.496 e. The van der Waals surface area contributed by atoms with Gasteiger partial charge in [0.05, 0.1) is 25.9 Å². The number of urea groups is 1. The number of amides is 2. The number of hydrogen-bond donors (Lipinski definition) is 2. The van der Waals surface area contributed by atoms with Crippen LogP contribution in [0.5, 0.6) is 11.5 Å². The highest BCUT2D eigenvalue weighted by Gasteiger charge is 2.15. The van der Waals surface area contributed by atoms with Crippen molar-refractivity contribution >= 4 is 11.7 Å². The van der Waals surface area contributed by atoms with E-state index in [1.54, 1.807) is 26.4 Å². The molecule has 0 saturated carbocycles. The van der Waals surface area contributed by atoms with E-state index in [1.165, 1.54) is 0 Å². The smallest absolute Gasteiger partial charge is 0.319 e. The summed E-state index contributed by atoms with van der Waals surface area (Å²) >= 11 is 0. The fourth-order valence-electron chi connectivity index (χ4n) is 2.60. The third-order valence-corrected chi connectivity index (χ3v) is 3.89. The summed E-state index contributed by atoms with van der Waals surface area (Å²) in [5.74, 6) is 1.47. The molecule has 0 saturated heterocycles. The first-order valence-corrected chi connectivity index (χ1v) is 7.94. The summed E-state index contributed by atoms with van der Waals surface area (Å²) in [6.07, 6.45) is 0.783. The molecule has 2 N–H and O–H groups in total. The molecule has 0 aliphatic carbocycles. The lowest BCUT2D eigenvalue weighted by molar-refractivity contribution is 0.248. The molecular weight excluding hydrogens is 304 g/mol. The molecule has 128 valence electrons. The zero-order valence-electron chi connectivity index (χ0n) is 14.6. The molecule has 0 aromatic heterocycles. The Bertz CT molecular complexity index is 701. The van der Waals surface area contributed by atoms with Gasteiger partial charge in [-0.2, -0.15) is 0 Å². The highest BCUT2D eigenvalue weighted by molar-refractivity contribution is 5.91. The molecule has 5 nitrogen and oxygen atoms in total. The van der Waals surface area contributed by atoms with Gasteiger partial charge in [-0.15, -0.1) is 0 Å². The molecule has 24 heavy (non-hydrogen) atoms. The number of ether oxygens (including phenoxy) is 2. The Balaban J connectivity index is 2.09. The maximum atomic E-state index is 12.3. The van der Waals surface area contributed by atoms with Crippen LogP contribution in [-0.2, 0) is 0 Å². The SMILES string of the molecule is CCC(NC(=O)Nc1ccccc1OC)c1ccc(OC)c(C)c1. The van der Waals surface area contributed by atoms with Gasteiger partial charge in [-0.1, -0.05) is 31.2 Å². The van der Waals surface area contributed by atoms with Crippen LogP contribution < -0.4 is 20.1 Å². The number of aryl methyl sites for hydroxylation is 1. The van der Waals surface area contributed by atoms with Crippen molar-refractivity contribution in [3.8, 4) is 11.5 Å². The second-order valence-corrected chi connectivity index (χ2v) is 5.49. The Morgan fingerprint density at radius 1 is 1.08 bits per heavy atom. The van der Waals surface area contributed by atoms with E-state index in [1.807, 2.05) is 44.2 Å². The number of methoxy groups -OCH3 is 2. The maximum absolute atomic E-state index is 12.3. The van der Waals surface area contributed by atoms with Crippen LogP contribution in [0, 0.1) is 6.92 Å². The second-order valence-electron chi connectivity index (χ2n) is 5.49.